The Labute approximate surface area is 115 Å². The van der Waals surface area contributed by atoms with Crippen molar-refractivity contribution >= 4 is 33.9 Å². The minimum atomic E-state index is -0.980. The number of nitrogen functional groups attached to an aromatic ring is 1. The molecule has 2 aromatic carbocycles. The molecule has 5 nitrogen and oxygen atoms in total. The van der Waals surface area contributed by atoms with Gasteiger partial charge in [-0.3, -0.25) is 0 Å². The van der Waals surface area contributed by atoms with E-state index in [2.05, 4.69) is 10.3 Å². The molecule has 0 saturated carbocycles. The van der Waals surface area contributed by atoms with Crippen LogP contribution in [0.5, 0.6) is 0 Å². The van der Waals surface area contributed by atoms with E-state index in [1.165, 1.54) is 12.1 Å². The van der Waals surface area contributed by atoms with E-state index >= 15 is 0 Å². The Kier molecular flexibility index (Phi) is 2.80. The summed E-state index contributed by atoms with van der Waals surface area (Å²) >= 11 is 0. The molecule has 0 aliphatic carbocycles. The molecule has 0 aliphatic heterocycles. The fourth-order valence-electron chi connectivity index (χ4n) is 2.12. The summed E-state index contributed by atoms with van der Waals surface area (Å²) in [6.07, 6.45) is 1.83. The Balaban J connectivity index is 2.02. The summed E-state index contributed by atoms with van der Waals surface area (Å²) in [4.78, 5) is 14.2. The lowest BCUT2D eigenvalue weighted by molar-refractivity contribution is 0.0697. The van der Waals surface area contributed by atoms with Gasteiger partial charge in [-0.1, -0.05) is 18.2 Å². The van der Waals surface area contributed by atoms with Crippen molar-refractivity contribution in [3.05, 3.63) is 54.2 Å². The van der Waals surface area contributed by atoms with Crippen LogP contribution in [0.25, 0.3) is 10.9 Å². The van der Waals surface area contributed by atoms with Crippen LogP contribution < -0.4 is 11.1 Å². The number of carbonyl (C=O) groups is 1. The molecule has 20 heavy (non-hydrogen) atoms. The second kappa shape index (κ2) is 4.62. The number of H-pyrrole nitrogens is 1. The average Bonchev–Trinajstić information content (AvgIpc) is 2.84. The van der Waals surface area contributed by atoms with Crippen LogP contribution in [-0.4, -0.2) is 16.1 Å². The zero-order chi connectivity index (χ0) is 14.1. The number of hydrogen-bond donors (Lipinski definition) is 4. The molecule has 3 aromatic rings. The predicted molar refractivity (Wildman–Crippen MR) is 79.4 cm³/mol. The molecule has 100 valence electrons. The Morgan fingerprint density at radius 1 is 1.15 bits per heavy atom. The highest BCUT2D eigenvalue weighted by atomic mass is 16.4. The van der Waals surface area contributed by atoms with Gasteiger partial charge in [0.25, 0.3) is 0 Å². The number of carboxylic acid groups (broad SMARTS) is 1. The molecular weight excluding hydrogens is 254 g/mol. The first kappa shape index (κ1) is 12.1. The highest BCUT2D eigenvalue weighted by molar-refractivity contribution is 5.96. The molecule has 5 heteroatoms. The zero-order valence-electron chi connectivity index (χ0n) is 10.6. The van der Waals surface area contributed by atoms with Crippen LogP contribution >= 0.6 is 0 Å². The van der Waals surface area contributed by atoms with Gasteiger partial charge in [0.1, 0.15) is 0 Å². The third-order valence-corrected chi connectivity index (χ3v) is 3.16. The molecule has 5 N–H and O–H groups in total. The number of benzene rings is 2. The number of nitrogens with two attached hydrogens (primary N) is 1. The molecule has 0 fully saturated rings. The molecule has 1 heterocycles. The van der Waals surface area contributed by atoms with E-state index in [-0.39, 0.29) is 5.56 Å². The topological polar surface area (TPSA) is 91.1 Å². The van der Waals surface area contributed by atoms with E-state index in [4.69, 9.17) is 10.8 Å². The average molecular weight is 267 g/mol. The molecular formula is C15H13N3O2. The Bertz CT molecular complexity index is 793. The number of fused-ring (bicyclic) bond motifs is 1. The number of aromatic carboxylic acids is 1. The maximum absolute atomic E-state index is 11.0. The summed E-state index contributed by atoms with van der Waals surface area (Å²) in [6.45, 7) is 0. The van der Waals surface area contributed by atoms with E-state index in [9.17, 15) is 4.79 Å². The molecule has 0 atom stereocenters. The van der Waals surface area contributed by atoms with Gasteiger partial charge in [0.05, 0.1) is 22.6 Å². The van der Waals surface area contributed by atoms with E-state index in [0.717, 1.165) is 16.6 Å². The van der Waals surface area contributed by atoms with E-state index in [0.29, 0.717) is 11.4 Å². The molecule has 0 unspecified atom stereocenters. The summed E-state index contributed by atoms with van der Waals surface area (Å²) in [5, 5.41) is 13.2. The molecule has 1 aromatic heterocycles. The SMILES string of the molecule is Nc1ccc(C(=O)O)cc1Nc1c[nH]c2ccccc12. The first-order chi connectivity index (χ1) is 9.65. The largest absolute Gasteiger partial charge is 0.478 e. The highest BCUT2D eigenvalue weighted by Crippen LogP contribution is 2.29. The minimum absolute atomic E-state index is 0.196. The lowest BCUT2D eigenvalue weighted by Gasteiger charge is -2.09. The van der Waals surface area contributed by atoms with Crippen molar-refractivity contribution in [3.63, 3.8) is 0 Å². The van der Waals surface area contributed by atoms with Crippen molar-refractivity contribution in [1.82, 2.24) is 4.98 Å². The summed E-state index contributed by atoms with van der Waals surface area (Å²) < 4.78 is 0. The van der Waals surface area contributed by atoms with Gasteiger partial charge in [0, 0.05) is 17.1 Å². The van der Waals surface area contributed by atoms with Crippen molar-refractivity contribution in [2.24, 2.45) is 0 Å². The Hall–Kier alpha value is -2.95. The van der Waals surface area contributed by atoms with Gasteiger partial charge in [0.15, 0.2) is 0 Å². The summed E-state index contributed by atoms with van der Waals surface area (Å²) in [7, 11) is 0. The van der Waals surface area contributed by atoms with E-state index in [1.807, 2.05) is 30.5 Å². The maximum atomic E-state index is 11.0. The second-order valence-corrected chi connectivity index (χ2v) is 4.48. The standard InChI is InChI=1S/C15H13N3O2/c16-11-6-5-9(15(19)20)7-13(11)18-14-8-17-12-4-2-1-3-10(12)14/h1-8,17-18H,16H2,(H,19,20). The van der Waals surface area contributed by atoms with Gasteiger partial charge in [-0.25, -0.2) is 4.79 Å². The summed E-state index contributed by atoms with van der Waals surface area (Å²) in [5.41, 5.74) is 9.02. The number of nitrogens with one attached hydrogen (secondary N) is 2. The van der Waals surface area contributed by atoms with Gasteiger partial charge in [-0.05, 0) is 24.3 Å². The number of aromatic nitrogens is 1. The van der Waals surface area contributed by atoms with Gasteiger partial charge in [-0.15, -0.1) is 0 Å². The van der Waals surface area contributed by atoms with Crippen LogP contribution in [0.15, 0.2) is 48.7 Å². The van der Waals surface area contributed by atoms with E-state index < -0.39 is 5.97 Å². The third kappa shape index (κ3) is 2.05. The molecule has 0 spiro atoms. The van der Waals surface area contributed by atoms with Crippen molar-refractivity contribution in [1.29, 1.82) is 0 Å². The monoisotopic (exact) mass is 267 g/mol. The third-order valence-electron chi connectivity index (χ3n) is 3.16. The number of rotatable bonds is 3. The number of carboxylic acids is 1. The maximum Gasteiger partial charge on any atom is 0.335 e. The fraction of sp³-hybridized carbons (Fsp3) is 0. The molecule has 0 bridgehead atoms. The van der Waals surface area contributed by atoms with Crippen molar-refractivity contribution in [2.45, 2.75) is 0 Å². The molecule has 0 aliphatic rings. The fourth-order valence-corrected chi connectivity index (χ4v) is 2.12. The lowest BCUT2D eigenvalue weighted by atomic mass is 10.1. The minimum Gasteiger partial charge on any atom is -0.478 e. The van der Waals surface area contributed by atoms with Gasteiger partial charge in [-0.2, -0.15) is 0 Å². The van der Waals surface area contributed by atoms with Crippen molar-refractivity contribution in [2.75, 3.05) is 11.1 Å². The summed E-state index contributed by atoms with van der Waals surface area (Å²) in [6, 6.07) is 12.4. The molecule has 0 saturated heterocycles. The number of aromatic amines is 1. The van der Waals surface area contributed by atoms with Crippen LogP contribution in [0.2, 0.25) is 0 Å². The molecule has 0 radical (unpaired) electrons. The van der Waals surface area contributed by atoms with Crippen molar-refractivity contribution in [3.8, 4) is 0 Å². The first-order valence-corrected chi connectivity index (χ1v) is 6.11. The van der Waals surface area contributed by atoms with E-state index in [1.54, 1.807) is 6.07 Å². The van der Waals surface area contributed by atoms with Gasteiger partial charge < -0.3 is 21.1 Å². The number of para-hydroxylation sites is 1. The quantitative estimate of drug-likeness (QED) is 0.548. The normalized spacial score (nSPS) is 10.6. The Morgan fingerprint density at radius 3 is 2.75 bits per heavy atom. The second-order valence-electron chi connectivity index (χ2n) is 4.48. The van der Waals surface area contributed by atoms with Crippen LogP contribution in [0.3, 0.4) is 0 Å². The van der Waals surface area contributed by atoms with Crippen LogP contribution in [0, 0.1) is 0 Å². The van der Waals surface area contributed by atoms with Crippen molar-refractivity contribution < 1.29 is 9.90 Å². The number of hydrogen-bond acceptors (Lipinski definition) is 3. The van der Waals surface area contributed by atoms with Crippen LogP contribution in [0.1, 0.15) is 10.4 Å². The predicted octanol–water partition coefficient (Wildman–Crippen LogP) is 3.19. The first-order valence-electron chi connectivity index (χ1n) is 6.11. The smallest absolute Gasteiger partial charge is 0.335 e. The molecule has 0 amide bonds. The lowest BCUT2D eigenvalue weighted by Crippen LogP contribution is -2.01. The van der Waals surface area contributed by atoms with Gasteiger partial charge in [0.2, 0.25) is 0 Å². The number of anilines is 3. The Morgan fingerprint density at radius 2 is 1.95 bits per heavy atom. The summed E-state index contributed by atoms with van der Waals surface area (Å²) in [5.74, 6) is -0.980. The zero-order valence-corrected chi connectivity index (χ0v) is 10.6. The van der Waals surface area contributed by atoms with Gasteiger partial charge >= 0.3 is 5.97 Å². The highest BCUT2D eigenvalue weighted by Gasteiger charge is 2.09. The van der Waals surface area contributed by atoms with Crippen LogP contribution in [0.4, 0.5) is 17.1 Å². The van der Waals surface area contributed by atoms with Crippen LogP contribution in [-0.2, 0) is 0 Å². The molecule has 3 rings (SSSR count).